The Morgan fingerprint density at radius 2 is 2.06 bits per heavy atom. The van der Waals surface area contributed by atoms with Crippen LogP contribution in [-0.2, 0) is 5.75 Å². The summed E-state index contributed by atoms with van der Waals surface area (Å²) in [5, 5.41) is 0. The molecule has 2 rings (SSSR count). The van der Waals surface area contributed by atoms with Gasteiger partial charge in [0.25, 0.3) is 0 Å². The molecule has 0 aliphatic rings. The first-order chi connectivity index (χ1) is 8.29. The fourth-order valence-corrected chi connectivity index (χ4v) is 2.87. The molecule has 2 nitrogen and oxygen atoms in total. The van der Waals surface area contributed by atoms with Gasteiger partial charge in [-0.05, 0) is 27.6 Å². The average Bonchev–Trinajstić information content (AvgIpc) is 2.38. The zero-order valence-electron chi connectivity index (χ0n) is 9.39. The van der Waals surface area contributed by atoms with Crippen molar-refractivity contribution in [3.8, 4) is 5.88 Å². The van der Waals surface area contributed by atoms with E-state index in [1.165, 1.54) is 5.56 Å². The van der Waals surface area contributed by atoms with Crippen molar-refractivity contribution in [3.05, 3.63) is 52.6 Å². The molecule has 0 aliphatic heterocycles. The Hall–Kier alpha value is -1.00. The molecule has 0 aliphatic carbocycles. The second-order valence-corrected chi connectivity index (χ2v) is 5.37. The van der Waals surface area contributed by atoms with Gasteiger partial charge >= 0.3 is 0 Å². The van der Waals surface area contributed by atoms with Crippen LogP contribution < -0.4 is 4.74 Å². The van der Waals surface area contributed by atoms with Gasteiger partial charge in [-0.2, -0.15) is 0 Å². The molecule has 1 aromatic carbocycles. The highest BCUT2D eigenvalue weighted by molar-refractivity contribution is 9.10. The highest BCUT2D eigenvalue weighted by Gasteiger charge is 2.06. The number of methoxy groups -OCH3 is 1. The largest absolute Gasteiger partial charge is 0.480 e. The van der Waals surface area contributed by atoms with E-state index in [1.807, 2.05) is 24.3 Å². The SMILES string of the molecule is COc1ncc(Br)cc1SCc1ccccc1. The lowest BCUT2D eigenvalue weighted by Crippen LogP contribution is -1.90. The highest BCUT2D eigenvalue weighted by Crippen LogP contribution is 2.31. The summed E-state index contributed by atoms with van der Waals surface area (Å²) >= 11 is 5.14. The van der Waals surface area contributed by atoms with Gasteiger partial charge in [0.2, 0.25) is 5.88 Å². The second-order valence-electron chi connectivity index (χ2n) is 3.44. The van der Waals surface area contributed by atoms with Crippen LogP contribution in [0.2, 0.25) is 0 Å². The van der Waals surface area contributed by atoms with Crippen molar-refractivity contribution in [2.75, 3.05) is 7.11 Å². The van der Waals surface area contributed by atoms with E-state index < -0.39 is 0 Å². The summed E-state index contributed by atoms with van der Waals surface area (Å²) in [5.74, 6) is 1.59. The molecule has 0 saturated heterocycles. The minimum absolute atomic E-state index is 0.675. The predicted molar refractivity (Wildman–Crippen MR) is 74.5 cm³/mol. The number of pyridine rings is 1. The van der Waals surface area contributed by atoms with Gasteiger partial charge in [0, 0.05) is 16.4 Å². The predicted octanol–water partition coefficient (Wildman–Crippen LogP) is 4.15. The first-order valence-electron chi connectivity index (χ1n) is 5.16. The van der Waals surface area contributed by atoms with Gasteiger partial charge < -0.3 is 4.74 Å². The molecule has 0 radical (unpaired) electrons. The monoisotopic (exact) mass is 309 g/mol. The van der Waals surface area contributed by atoms with Crippen LogP contribution >= 0.6 is 27.7 Å². The summed E-state index contributed by atoms with van der Waals surface area (Å²) in [7, 11) is 1.64. The van der Waals surface area contributed by atoms with Gasteiger partial charge in [-0.15, -0.1) is 11.8 Å². The molecule has 0 atom stereocenters. The fourth-order valence-electron chi connectivity index (χ4n) is 1.40. The number of nitrogens with zero attached hydrogens (tertiary/aromatic N) is 1. The highest BCUT2D eigenvalue weighted by atomic mass is 79.9. The van der Waals surface area contributed by atoms with Crippen molar-refractivity contribution in [1.82, 2.24) is 4.98 Å². The average molecular weight is 310 g/mol. The van der Waals surface area contributed by atoms with E-state index >= 15 is 0 Å². The van der Waals surface area contributed by atoms with Crippen LogP contribution in [0.1, 0.15) is 5.56 Å². The molecule has 0 fully saturated rings. The van der Waals surface area contributed by atoms with Gasteiger partial charge in [-0.1, -0.05) is 30.3 Å². The summed E-state index contributed by atoms with van der Waals surface area (Å²) < 4.78 is 6.20. The molecule has 17 heavy (non-hydrogen) atoms. The first kappa shape index (κ1) is 12.5. The van der Waals surface area contributed by atoms with Crippen molar-refractivity contribution in [2.45, 2.75) is 10.6 Å². The lowest BCUT2D eigenvalue weighted by molar-refractivity contribution is 0.387. The quantitative estimate of drug-likeness (QED) is 0.792. The molecule has 4 heteroatoms. The van der Waals surface area contributed by atoms with Crippen molar-refractivity contribution >= 4 is 27.7 Å². The van der Waals surface area contributed by atoms with Crippen LogP contribution in [0.25, 0.3) is 0 Å². The van der Waals surface area contributed by atoms with Gasteiger partial charge in [-0.25, -0.2) is 4.98 Å². The summed E-state index contributed by atoms with van der Waals surface area (Å²) in [6.07, 6.45) is 1.74. The van der Waals surface area contributed by atoms with Gasteiger partial charge in [0.1, 0.15) is 0 Å². The van der Waals surface area contributed by atoms with Gasteiger partial charge in [0.05, 0.1) is 12.0 Å². The maximum atomic E-state index is 5.24. The maximum Gasteiger partial charge on any atom is 0.227 e. The smallest absolute Gasteiger partial charge is 0.227 e. The van der Waals surface area contributed by atoms with Crippen molar-refractivity contribution in [2.24, 2.45) is 0 Å². The zero-order valence-corrected chi connectivity index (χ0v) is 11.8. The Bertz CT molecular complexity index is 490. The van der Waals surface area contributed by atoms with E-state index in [9.17, 15) is 0 Å². The van der Waals surface area contributed by atoms with E-state index in [4.69, 9.17) is 4.74 Å². The molecular formula is C13H12BrNOS. The normalized spacial score (nSPS) is 10.2. The zero-order chi connectivity index (χ0) is 12.1. The molecule has 0 unspecified atom stereocenters. The topological polar surface area (TPSA) is 22.1 Å². The third-order valence-electron chi connectivity index (χ3n) is 2.22. The summed E-state index contributed by atoms with van der Waals surface area (Å²) in [6.45, 7) is 0. The van der Waals surface area contributed by atoms with Crippen LogP contribution in [0.3, 0.4) is 0 Å². The standard InChI is InChI=1S/C13H12BrNOS/c1-16-13-12(7-11(14)8-15-13)17-9-10-5-3-2-4-6-10/h2-8H,9H2,1H3. The number of hydrogen-bond donors (Lipinski definition) is 0. The van der Waals surface area contributed by atoms with E-state index in [-0.39, 0.29) is 0 Å². The molecule has 0 saturated carbocycles. The van der Waals surface area contributed by atoms with Crippen molar-refractivity contribution < 1.29 is 4.74 Å². The van der Waals surface area contributed by atoms with E-state index in [0.717, 1.165) is 15.1 Å². The van der Waals surface area contributed by atoms with E-state index in [2.05, 4.69) is 33.0 Å². The number of rotatable bonds is 4. The first-order valence-corrected chi connectivity index (χ1v) is 6.93. The van der Waals surface area contributed by atoms with Crippen molar-refractivity contribution in [3.63, 3.8) is 0 Å². The van der Waals surface area contributed by atoms with Gasteiger partial charge in [0.15, 0.2) is 0 Å². The molecule has 0 bridgehead atoms. The van der Waals surface area contributed by atoms with Crippen LogP contribution in [0.4, 0.5) is 0 Å². The molecule has 0 N–H and O–H groups in total. The molecule has 0 amide bonds. The number of thioether (sulfide) groups is 1. The van der Waals surface area contributed by atoms with Gasteiger partial charge in [-0.3, -0.25) is 0 Å². The molecule has 1 heterocycles. The van der Waals surface area contributed by atoms with Crippen LogP contribution in [0.15, 0.2) is 52.0 Å². The number of ether oxygens (including phenoxy) is 1. The number of benzene rings is 1. The van der Waals surface area contributed by atoms with Crippen LogP contribution in [-0.4, -0.2) is 12.1 Å². The third-order valence-corrected chi connectivity index (χ3v) is 3.73. The summed E-state index contributed by atoms with van der Waals surface area (Å²) in [6, 6.07) is 12.4. The Balaban J connectivity index is 2.11. The third kappa shape index (κ3) is 3.48. The minimum Gasteiger partial charge on any atom is -0.480 e. The number of aromatic nitrogens is 1. The van der Waals surface area contributed by atoms with Crippen LogP contribution in [0, 0.1) is 0 Å². The van der Waals surface area contributed by atoms with Crippen molar-refractivity contribution in [1.29, 1.82) is 0 Å². The molecule has 2 aromatic rings. The summed E-state index contributed by atoms with van der Waals surface area (Å²) in [4.78, 5) is 5.27. The lowest BCUT2D eigenvalue weighted by Gasteiger charge is -2.07. The van der Waals surface area contributed by atoms with E-state index in [1.54, 1.807) is 25.1 Å². The Morgan fingerprint density at radius 3 is 2.76 bits per heavy atom. The fraction of sp³-hybridized carbons (Fsp3) is 0.154. The lowest BCUT2D eigenvalue weighted by atomic mass is 10.2. The second kappa shape index (κ2) is 6.07. The Kier molecular flexibility index (Phi) is 4.45. The molecule has 1 aromatic heterocycles. The molecule has 0 spiro atoms. The number of halogens is 1. The van der Waals surface area contributed by atoms with E-state index in [0.29, 0.717) is 5.88 Å². The Labute approximate surface area is 114 Å². The summed E-state index contributed by atoms with van der Waals surface area (Å²) in [5.41, 5.74) is 1.29. The van der Waals surface area contributed by atoms with Crippen LogP contribution in [0.5, 0.6) is 5.88 Å². The molecular weight excluding hydrogens is 298 g/mol. The minimum atomic E-state index is 0.675. The Morgan fingerprint density at radius 1 is 1.29 bits per heavy atom. The number of hydrogen-bond acceptors (Lipinski definition) is 3. The molecule has 88 valence electrons. The maximum absolute atomic E-state index is 5.24.